The molecule has 1 fully saturated rings. The van der Waals surface area contributed by atoms with Gasteiger partial charge in [0.1, 0.15) is 0 Å². The first-order chi connectivity index (χ1) is 3.27. The van der Waals surface area contributed by atoms with E-state index in [1.54, 1.807) is 0 Å². The lowest BCUT2D eigenvalue weighted by atomic mass is 9.90. The van der Waals surface area contributed by atoms with Gasteiger partial charge in [0.25, 0.3) is 0 Å². The van der Waals surface area contributed by atoms with Crippen LogP contribution in [0.1, 0.15) is 6.92 Å². The van der Waals surface area contributed by atoms with Gasteiger partial charge in [-0.2, -0.15) is 0 Å². The summed E-state index contributed by atoms with van der Waals surface area (Å²) in [6.45, 7) is 3.32. The molecule has 0 aromatic heterocycles. The van der Waals surface area contributed by atoms with Crippen LogP contribution in [0.15, 0.2) is 0 Å². The van der Waals surface area contributed by atoms with Gasteiger partial charge in [0.05, 0.1) is 18.6 Å². The fourth-order valence-electron chi connectivity index (χ4n) is 0.480. The summed E-state index contributed by atoms with van der Waals surface area (Å²) in [7, 11) is 0. The Hall–Kier alpha value is -0.480. The highest BCUT2D eigenvalue weighted by Crippen LogP contribution is 2.24. The Bertz CT molecular complexity index is 106. The van der Waals surface area contributed by atoms with E-state index < -0.39 is 0 Å². The molecule has 0 atom stereocenters. The van der Waals surface area contributed by atoms with Crippen molar-refractivity contribution in [1.29, 1.82) is 0 Å². The van der Waals surface area contributed by atoms with Gasteiger partial charge in [-0.1, -0.05) is 5.92 Å². The van der Waals surface area contributed by atoms with Gasteiger partial charge in [0.2, 0.25) is 0 Å². The van der Waals surface area contributed by atoms with Crippen LogP contribution in [0.5, 0.6) is 0 Å². The third-order valence-corrected chi connectivity index (χ3v) is 1.14. The van der Waals surface area contributed by atoms with Gasteiger partial charge in [-0.15, -0.1) is 0 Å². The summed E-state index contributed by atoms with van der Waals surface area (Å²) in [5, 5.41) is 0. The van der Waals surface area contributed by atoms with E-state index in [9.17, 15) is 0 Å². The molecule has 0 amide bonds. The van der Waals surface area contributed by atoms with E-state index in [2.05, 4.69) is 5.92 Å². The van der Waals surface area contributed by atoms with Crippen LogP contribution in [0.3, 0.4) is 0 Å². The molecular weight excluding hydrogens is 88.1 g/mol. The topological polar surface area (TPSA) is 9.23 Å². The van der Waals surface area contributed by atoms with Crippen molar-refractivity contribution < 1.29 is 4.74 Å². The van der Waals surface area contributed by atoms with E-state index in [0.717, 1.165) is 0 Å². The van der Waals surface area contributed by atoms with E-state index >= 15 is 0 Å². The number of hydrogen-bond donors (Lipinski definition) is 0. The molecule has 0 saturated carbocycles. The van der Waals surface area contributed by atoms with Gasteiger partial charge in [0, 0.05) is 0 Å². The maximum absolute atomic E-state index is 6.73. The molecule has 0 aromatic carbocycles. The Balaban J connectivity index is 2.48. The molecule has 0 aromatic rings. The summed E-state index contributed by atoms with van der Waals surface area (Å²) in [6, 6.07) is 0. The molecule has 1 nitrogen and oxygen atoms in total. The molecule has 1 rings (SSSR count). The second kappa shape index (κ2) is 1.24. The molecule has 0 N–H and O–H groups in total. The number of hydrogen-bond acceptors (Lipinski definition) is 1. The van der Waals surface area contributed by atoms with Gasteiger partial charge in [0.15, 0.2) is 0 Å². The van der Waals surface area contributed by atoms with Crippen molar-refractivity contribution >= 4 is 0 Å². The third kappa shape index (κ3) is 0.618. The summed E-state index contributed by atoms with van der Waals surface area (Å²) >= 11 is 0. The second-order valence-electron chi connectivity index (χ2n) is 2.18. The molecule has 1 heteroatoms. The van der Waals surface area contributed by atoms with Gasteiger partial charge in [-0.25, -0.2) is 0 Å². The Morgan fingerprint density at radius 1 is 1.71 bits per heavy atom. The fourth-order valence-corrected chi connectivity index (χ4v) is 0.480. The fraction of sp³-hybridized carbons (Fsp3) is 0.667. The maximum Gasteiger partial charge on any atom is 0.0762 e. The zero-order chi connectivity index (χ0) is 5.33. The molecule has 7 heavy (non-hydrogen) atoms. The summed E-state index contributed by atoms with van der Waals surface area (Å²) in [6.07, 6.45) is 6.73. The zero-order valence-corrected chi connectivity index (χ0v) is 4.32. The highest BCUT2D eigenvalue weighted by Gasteiger charge is 2.30. The molecule has 1 aliphatic rings. The van der Waals surface area contributed by atoms with Gasteiger partial charge < -0.3 is 4.74 Å². The molecule has 1 aliphatic heterocycles. The Morgan fingerprint density at radius 2 is 2.29 bits per heavy atom. The lowest BCUT2D eigenvalue weighted by Crippen LogP contribution is -2.37. The van der Waals surface area contributed by atoms with Crippen molar-refractivity contribution in [3.63, 3.8) is 0 Å². The van der Waals surface area contributed by atoms with E-state index in [1.165, 1.54) is 0 Å². The smallest absolute Gasteiger partial charge is 0.0762 e. The molecule has 1 heterocycles. The summed E-state index contributed by atoms with van der Waals surface area (Å²) in [4.78, 5) is 0. The molecule has 0 unspecified atom stereocenters. The second-order valence-corrected chi connectivity index (χ2v) is 2.18. The van der Waals surface area contributed by atoms with Crippen LogP contribution in [-0.4, -0.2) is 13.2 Å². The largest absolute Gasteiger partial charge is 0.378 e. The van der Waals surface area contributed by atoms with E-state index in [1.807, 2.05) is 6.92 Å². The SMILES string of the molecule is [C]#CC1(C)COC1. The zero-order valence-electron chi connectivity index (χ0n) is 4.32. The van der Waals surface area contributed by atoms with Crippen molar-refractivity contribution in [1.82, 2.24) is 0 Å². The first-order valence-electron chi connectivity index (χ1n) is 2.28. The van der Waals surface area contributed by atoms with E-state index in [0.29, 0.717) is 13.2 Å². The van der Waals surface area contributed by atoms with Crippen LogP contribution in [0.2, 0.25) is 0 Å². The summed E-state index contributed by atoms with van der Waals surface area (Å²) < 4.78 is 4.85. The van der Waals surface area contributed by atoms with Crippen LogP contribution in [0.25, 0.3) is 0 Å². The first-order valence-corrected chi connectivity index (χ1v) is 2.28. The first kappa shape index (κ1) is 4.67. The van der Waals surface area contributed by atoms with E-state index in [-0.39, 0.29) is 5.41 Å². The predicted octanol–water partition coefficient (Wildman–Crippen LogP) is 0.613. The van der Waals surface area contributed by atoms with Gasteiger partial charge in [-0.3, -0.25) is 0 Å². The van der Waals surface area contributed by atoms with Crippen molar-refractivity contribution in [2.24, 2.45) is 5.41 Å². The Labute approximate surface area is 43.7 Å². The quantitative estimate of drug-likeness (QED) is 0.400. The van der Waals surface area contributed by atoms with Crippen molar-refractivity contribution in [2.75, 3.05) is 13.2 Å². The molecular formula is C6H7O. The summed E-state index contributed by atoms with van der Waals surface area (Å²) in [5.41, 5.74) is -0.0417. The normalized spacial score (nSPS) is 25.1. The van der Waals surface area contributed by atoms with Crippen LogP contribution in [-0.2, 0) is 4.74 Å². The molecule has 37 valence electrons. The number of ether oxygens (including phenoxy) is 1. The average Bonchev–Trinajstić information content (AvgIpc) is 1.61. The minimum atomic E-state index is -0.0417. The predicted molar refractivity (Wildman–Crippen MR) is 26.1 cm³/mol. The van der Waals surface area contributed by atoms with Crippen LogP contribution < -0.4 is 0 Å². The maximum atomic E-state index is 6.73. The summed E-state index contributed by atoms with van der Waals surface area (Å²) in [5.74, 6) is 2.40. The van der Waals surface area contributed by atoms with Gasteiger partial charge >= 0.3 is 0 Å². The minimum absolute atomic E-state index is 0.0417. The van der Waals surface area contributed by atoms with Crippen molar-refractivity contribution in [3.8, 4) is 5.92 Å². The van der Waals surface area contributed by atoms with E-state index in [4.69, 9.17) is 11.2 Å². The minimum Gasteiger partial charge on any atom is -0.378 e. The monoisotopic (exact) mass is 95.0 g/mol. The standard InChI is InChI=1S/C6H7O/c1-3-6(2)4-7-5-6/h4-5H2,2H3. The molecule has 0 aliphatic carbocycles. The molecule has 1 radical (unpaired) electrons. The van der Waals surface area contributed by atoms with Crippen molar-refractivity contribution in [2.45, 2.75) is 6.92 Å². The lowest BCUT2D eigenvalue weighted by Gasteiger charge is -2.32. The Morgan fingerprint density at radius 3 is 2.29 bits per heavy atom. The molecule has 0 bridgehead atoms. The van der Waals surface area contributed by atoms with Crippen LogP contribution in [0, 0.1) is 17.8 Å². The highest BCUT2D eigenvalue weighted by atomic mass is 16.5. The van der Waals surface area contributed by atoms with Gasteiger partial charge in [-0.05, 0) is 13.3 Å². The highest BCUT2D eigenvalue weighted by molar-refractivity contribution is 5.02. The van der Waals surface area contributed by atoms with Crippen LogP contribution >= 0.6 is 0 Å². The number of rotatable bonds is 0. The molecule has 1 saturated heterocycles. The molecule has 0 spiro atoms. The van der Waals surface area contributed by atoms with Crippen LogP contribution in [0.4, 0.5) is 0 Å². The van der Waals surface area contributed by atoms with Crippen molar-refractivity contribution in [3.05, 3.63) is 6.42 Å². The third-order valence-electron chi connectivity index (χ3n) is 1.14. The average molecular weight is 95.1 g/mol. The lowest BCUT2D eigenvalue weighted by molar-refractivity contribution is -0.0649. The Kier molecular flexibility index (Phi) is 0.831.